The Balaban J connectivity index is 3.95. The summed E-state index contributed by atoms with van der Waals surface area (Å²) in [5.41, 5.74) is 0. The zero-order chi connectivity index (χ0) is 60.5. The number of hydrogen-bond donors (Lipinski definition) is 0. The minimum atomic E-state index is -1.62. The molecule has 0 heterocycles. The number of quaternary nitrogens is 1. The molecule has 0 aromatic heterocycles. The van der Waals surface area contributed by atoms with Crippen molar-refractivity contribution in [1.29, 1.82) is 0 Å². The highest BCUT2D eigenvalue weighted by atomic mass is 16.7. The Bertz CT molecular complexity index is 1370. The van der Waals surface area contributed by atoms with E-state index in [0.717, 1.165) is 32.1 Å². The molecule has 0 rings (SSSR count). The number of nitrogens with zero attached hydrogens (tertiary/aromatic N) is 1. The van der Waals surface area contributed by atoms with Crippen molar-refractivity contribution in [2.75, 3.05) is 47.5 Å². The normalized spacial score (nSPS) is 12.6. The second kappa shape index (κ2) is 66.0. The topological polar surface area (TPSA) is 111 Å². The molecule has 0 spiro atoms. The molecule has 0 aliphatic rings. The number of esters is 2. The molecule has 2 atom stereocenters. The van der Waals surface area contributed by atoms with E-state index >= 15 is 0 Å². The first kappa shape index (κ1) is 81.0. The molecular formula is C74H143NO8. The Morgan fingerprint density at radius 2 is 0.614 bits per heavy atom. The van der Waals surface area contributed by atoms with Crippen LogP contribution in [0.25, 0.3) is 0 Å². The number of carbonyl (C=O) groups excluding carboxylic acids is 3. The van der Waals surface area contributed by atoms with Crippen LogP contribution in [0.15, 0.2) is 12.2 Å². The molecule has 2 unspecified atom stereocenters. The summed E-state index contributed by atoms with van der Waals surface area (Å²) in [5.74, 6) is -2.25. The van der Waals surface area contributed by atoms with Gasteiger partial charge in [-0.25, -0.2) is 0 Å². The lowest BCUT2D eigenvalue weighted by Crippen LogP contribution is -2.44. The lowest BCUT2D eigenvalue weighted by atomic mass is 10.0. The second-order valence-electron chi connectivity index (χ2n) is 26.6. The van der Waals surface area contributed by atoms with Crippen LogP contribution in [0, 0.1) is 0 Å². The van der Waals surface area contributed by atoms with Gasteiger partial charge in [-0.2, -0.15) is 0 Å². The lowest BCUT2D eigenvalue weighted by molar-refractivity contribution is -0.870. The fourth-order valence-electron chi connectivity index (χ4n) is 11.4. The molecule has 9 heteroatoms. The number of allylic oxidation sites excluding steroid dienone is 2. The van der Waals surface area contributed by atoms with E-state index in [4.69, 9.17) is 18.9 Å². The molecule has 9 nitrogen and oxygen atoms in total. The van der Waals surface area contributed by atoms with Gasteiger partial charge in [0.25, 0.3) is 0 Å². The van der Waals surface area contributed by atoms with Gasteiger partial charge in [-0.15, -0.1) is 0 Å². The predicted molar refractivity (Wildman–Crippen MR) is 353 cm³/mol. The minimum absolute atomic E-state index is 0.151. The number of hydrogen-bond acceptors (Lipinski definition) is 8. The number of unbranched alkanes of at least 4 members (excludes halogenated alkanes) is 53. The quantitative estimate of drug-likeness (QED) is 0.0195. The standard InChI is InChI=1S/C74H143NO8/c1-6-8-10-12-14-16-18-20-22-24-26-28-29-30-31-32-33-34-35-36-37-38-39-40-41-42-43-45-46-48-50-52-54-56-58-60-62-64-71(76)81-68-70(69-82-74(73(78)79)80-67-66-75(3,4)5)83-72(77)65-63-61-59-57-55-53-51-49-47-44-27-25-23-21-19-17-15-13-11-9-7-2/h25,27,70,74H,6-24,26,28-69H2,1-5H3/b27-25-. The summed E-state index contributed by atoms with van der Waals surface area (Å²) < 4.78 is 22.8. The number of carboxylic acid groups (broad SMARTS) is 1. The van der Waals surface area contributed by atoms with Gasteiger partial charge < -0.3 is 33.3 Å². The van der Waals surface area contributed by atoms with Gasteiger partial charge in [-0.05, 0) is 38.5 Å². The molecule has 83 heavy (non-hydrogen) atoms. The van der Waals surface area contributed by atoms with Crippen LogP contribution in [0.5, 0.6) is 0 Å². The van der Waals surface area contributed by atoms with Gasteiger partial charge in [0, 0.05) is 12.8 Å². The number of likely N-dealkylation sites (N-methyl/N-ethyl adjacent to an activating group) is 1. The molecule has 0 aliphatic carbocycles. The van der Waals surface area contributed by atoms with E-state index in [1.165, 1.54) is 321 Å². The first-order valence-corrected chi connectivity index (χ1v) is 36.8. The summed E-state index contributed by atoms with van der Waals surface area (Å²) in [6.07, 6.45) is 77.5. The smallest absolute Gasteiger partial charge is 0.306 e. The first-order valence-electron chi connectivity index (χ1n) is 36.8. The van der Waals surface area contributed by atoms with Crippen molar-refractivity contribution < 1.29 is 42.9 Å². The van der Waals surface area contributed by atoms with Crippen LogP contribution in [0.1, 0.15) is 386 Å². The van der Waals surface area contributed by atoms with Crippen molar-refractivity contribution in [2.24, 2.45) is 0 Å². The van der Waals surface area contributed by atoms with Crippen LogP contribution < -0.4 is 5.11 Å². The zero-order valence-electron chi connectivity index (χ0n) is 56.4. The van der Waals surface area contributed by atoms with Crippen LogP contribution in [-0.2, 0) is 33.3 Å². The van der Waals surface area contributed by atoms with Crippen LogP contribution >= 0.6 is 0 Å². The third kappa shape index (κ3) is 67.4. The summed E-state index contributed by atoms with van der Waals surface area (Å²) in [4.78, 5) is 37.5. The Kier molecular flexibility index (Phi) is 64.4. The minimum Gasteiger partial charge on any atom is -0.545 e. The Morgan fingerprint density at radius 3 is 0.892 bits per heavy atom. The first-order chi connectivity index (χ1) is 40.6. The molecule has 0 amide bonds. The Morgan fingerprint density at radius 1 is 0.349 bits per heavy atom. The molecule has 0 N–H and O–H groups in total. The molecule has 0 bridgehead atoms. The number of rotatable bonds is 70. The van der Waals surface area contributed by atoms with Crippen LogP contribution in [0.4, 0.5) is 0 Å². The Labute approximate surface area is 516 Å². The third-order valence-electron chi connectivity index (χ3n) is 17.0. The van der Waals surface area contributed by atoms with Crippen molar-refractivity contribution in [3.05, 3.63) is 12.2 Å². The molecule has 0 saturated heterocycles. The maximum Gasteiger partial charge on any atom is 0.306 e. The molecule has 0 radical (unpaired) electrons. The maximum absolute atomic E-state index is 12.9. The van der Waals surface area contributed by atoms with E-state index < -0.39 is 24.3 Å². The van der Waals surface area contributed by atoms with E-state index in [9.17, 15) is 19.5 Å². The van der Waals surface area contributed by atoms with Crippen LogP contribution in [0.3, 0.4) is 0 Å². The van der Waals surface area contributed by atoms with E-state index in [-0.39, 0.29) is 32.2 Å². The van der Waals surface area contributed by atoms with Crippen molar-refractivity contribution in [2.45, 2.75) is 399 Å². The van der Waals surface area contributed by atoms with Crippen molar-refractivity contribution in [3.63, 3.8) is 0 Å². The van der Waals surface area contributed by atoms with Gasteiger partial charge in [-0.3, -0.25) is 9.59 Å². The molecule has 0 fully saturated rings. The SMILES string of the molecule is CCCCCCCCCC/C=C\CCCCCCCCCCCC(=O)OC(COC(=O)CCCCCCCCCCCCCCCCCCCCCCCCCCCCCCCCCCCCCCC)COC(OCC[N+](C)(C)C)C(=O)[O-]. The van der Waals surface area contributed by atoms with E-state index in [0.29, 0.717) is 23.9 Å². The Hall–Kier alpha value is -1.97. The van der Waals surface area contributed by atoms with E-state index in [2.05, 4.69) is 26.0 Å². The summed E-state index contributed by atoms with van der Waals surface area (Å²) in [7, 11) is 5.94. The summed E-state index contributed by atoms with van der Waals surface area (Å²) in [6.45, 7) is 4.82. The molecule has 0 aromatic carbocycles. The van der Waals surface area contributed by atoms with Gasteiger partial charge in [0.2, 0.25) is 0 Å². The van der Waals surface area contributed by atoms with Crippen LogP contribution in [0.2, 0.25) is 0 Å². The number of aliphatic carboxylic acids is 1. The third-order valence-corrected chi connectivity index (χ3v) is 17.0. The fourth-order valence-corrected chi connectivity index (χ4v) is 11.4. The molecule has 0 aliphatic heterocycles. The van der Waals surface area contributed by atoms with Crippen molar-refractivity contribution in [3.8, 4) is 0 Å². The lowest BCUT2D eigenvalue weighted by Gasteiger charge is -2.26. The summed E-state index contributed by atoms with van der Waals surface area (Å²) >= 11 is 0. The highest BCUT2D eigenvalue weighted by molar-refractivity contribution is 5.70. The molecular weight excluding hydrogens is 1030 g/mol. The fraction of sp³-hybridized carbons (Fsp3) is 0.932. The highest BCUT2D eigenvalue weighted by Gasteiger charge is 2.22. The van der Waals surface area contributed by atoms with Gasteiger partial charge in [0.1, 0.15) is 13.2 Å². The molecule has 0 saturated carbocycles. The number of carbonyl (C=O) groups is 3. The largest absolute Gasteiger partial charge is 0.545 e. The highest BCUT2D eigenvalue weighted by Crippen LogP contribution is 2.20. The van der Waals surface area contributed by atoms with Crippen molar-refractivity contribution >= 4 is 17.9 Å². The summed E-state index contributed by atoms with van der Waals surface area (Å²) in [6, 6.07) is 0. The maximum atomic E-state index is 12.9. The average Bonchev–Trinajstić information content (AvgIpc) is 3.46. The monoisotopic (exact) mass is 1170 g/mol. The van der Waals surface area contributed by atoms with Gasteiger partial charge in [-0.1, -0.05) is 347 Å². The predicted octanol–water partition coefficient (Wildman–Crippen LogP) is 21.5. The zero-order valence-corrected chi connectivity index (χ0v) is 56.4. The van der Waals surface area contributed by atoms with Crippen molar-refractivity contribution in [1.82, 2.24) is 0 Å². The summed E-state index contributed by atoms with van der Waals surface area (Å²) in [5, 5.41) is 11.8. The van der Waals surface area contributed by atoms with Gasteiger partial charge >= 0.3 is 11.9 Å². The number of carboxylic acids is 1. The van der Waals surface area contributed by atoms with Gasteiger partial charge in [0.05, 0.1) is 40.3 Å². The molecule has 492 valence electrons. The van der Waals surface area contributed by atoms with Crippen LogP contribution in [-0.4, -0.2) is 82.3 Å². The second-order valence-corrected chi connectivity index (χ2v) is 26.6. The van der Waals surface area contributed by atoms with Gasteiger partial charge in [0.15, 0.2) is 12.4 Å². The van der Waals surface area contributed by atoms with E-state index in [1.807, 2.05) is 21.1 Å². The average molecular weight is 1170 g/mol. The van der Waals surface area contributed by atoms with E-state index in [1.54, 1.807) is 0 Å². The molecule has 0 aromatic rings. The number of ether oxygens (including phenoxy) is 4.